The maximum atomic E-state index is 18.2. The molecular weight excluding hydrogens is 1700 g/mol. The van der Waals surface area contributed by atoms with E-state index in [1.54, 1.807) is 25.7 Å². The number of ether oxygens (including phenoxy) is 12. The van der Waals surface area contributed by atoms with Crippen LogP contribution in [0.25, 0.3) is 0 Å². The average molecular weight is 1840 g/mol. The van der Waals surface area contributed by atoms with Gasteiger partial charge in [-0.05, 0) is 131 Å². The monoisotopic (exact) mass is 1830 g/mol. The van der Waals surface area contributed by atoms with Crippen molar-refractivity contribution in [1.82, 2.24) is 31.9 Å². The molecule has 35 nitrogen and oxygen atoms in total. The summed E-state index contributed by atoms with van der Waals surface area (Å²) < 4.78 is 115. The molecule has 9 rings (SSSR count). The van der Waals surface area contributed by atoms with Crippen molar-refractivity contribution in [2.75, 3.05) is 163 Å². The number of Topliss-reactive ketones (excluding diaryl/α,β-unsaturated/α-hetero) is 1. The number of anilines is 1. The topological polar surface area (TPSA) is 468 Å². The van der Waals surface area contributed by atoms with Crippen LogP contribution in [0.4, 0.5) is 14.5 Å². The summed E-state index contributed by atoms with van der Waals surface area (Å²) in [6.07, 6.45) is 2.03. The SMILES string of the molecule is CCCC1O[C@@H]2C[C@H]3[C@@H]4C[C@H](F)C5=CC(=O)C=C[C@]5(C)[C@@]4(F)[C@@H](O)C[C@]3(C)[C@]2(C(=O)CNC(=O)[C@H](C)NC(=O)[C@@H](NC(=O)[C@@H](CCCCNC(=O)COC2CCCCCC(=NCCOCCOCCOCCOCCOCCP(=O)(O)O)C2=NN)NC(=O)CCOCCOCCOCCOCCNC(=O)CCC(=O)N2Cc3ccccc3C#Cc3ccccc32)C(C)C)O1. The first-order valence-corrected chi connectivity index (χ1v) is 47.0. The maximum absolute atomic E-state index is 18.2. The molecule has 0 aromatic heterocycles. The zero-order chi connectivity index (χ0) is 93.0. The van der Waals surface area contributed by atoms with Gasteiger partial charge in [-0.2, -0.15) is 5.10 Å². The van der Waals surface area contributed by atoms with Crippen molar-refractivity contribution in [3.63, 3.8) is 0 Å². The van der Waals surface area contributed by atoms with Gasteiger partial charge in [-0.15, -0.1) is 0 Å². The molecule has 0 radical (unpaired) electrons. The average Bonchev–Trinajstić information content (AvgIpc) is 1.55. The third-order valence-corrected chi connectivity index (χ3v) is 25.4. The number of unbranched alkanes of at least 4 members (excludes halogenated alkanes) is 1. The number of alkyl halides is 2. The first-order valence-electron chi connectivity index (χ1n) is 45.2. The minimum Gasteiger partial charge on any atom is -0.390 e. The summed E-state index contributed by atoms with van der Waals surface area (Å²) in [5.41, 5.74) is -3.01. The molecule has 4 saturated carbocycles. The summed E-state index contributed by atoms with van der Waals surface area (Å²) in [6, 6.07) is 11.4. The number of fused-ring (bicyclic) bond motifs is 9. The molecule has 5 fully saturated rings. The third kappa shape index (κ3) is 29.6. The highest BCUT2D eigenvalue weighted by Crippen LogP contribution is 2.72. The van der Waals surface area contributed by atoms with Gasteiger partial charge in [-0.1, -0.05) is 95.2 Å². The van der Waals surface area contributed by atoms with E-state index < -0.39 is 144 Å². The summed E-state index contributed by atoms with van der Waals surface area (Å²) in [5.74, 6) is 5.04. The highest BCUT2D eigenvalue weighted by molar-refractivity contribution is 7.51. The van der Waals surface area contributed by atoms with Crippen LogP contribution in [0.15, 0.2) is 82.4 Å². The van der Waals surface area contributed by atoms with Gasteiger partial charge in [0.05, 0.1) is 168 Å². The Bertz CT molecular complexity index is 4300. The second-order valence-corrected chi connectivity index (χ2v) is 35.8. The van der Waals surface area contributed by atoms with Crippen LogP contribution in [-0.4, -0.2) is 297 Å². The van der Waals surface area contributed by atoms with Gasteiger partial charge in [-0.3, -0.25) is 52.7 Å². The van der Waals surface area contributed by atoms with Gasteiger partial charge in [0.25, 0.3) is 0 Å². The Hall–Kier alpha value is -8.26. The number of ketones is 2. The van der Waals surface area contributed by atoms with Gasteiger partial charge >= 0.3 is 7.60 Å². The standard InChI is InChI=1S/C91H133F2N10O25P/c1-7-17-82-127-77-56-67-68-55-70(92)69-54-66(104)29-31-88(69,5)90(68,93)75(105)57-89(67,6)91(77,128-82)76(106)58-98-85(111)62(4)99-87(113)83(61(2)3)101-86(112)72(22-15-16-32-96-80(109)60-126-74-24-10-8-9-21-71(84(74)102-94)95-33-36-118-39-42-121-46-47-123-48-49-124-50-51-125-52-53-129(114,115)116)100-79(108)30-35-117-38-41-120-44-45-122-43-40-119-37-34-97-78(107)27-28-81(110)103-59-65-20-12-11-18-63(65)25-26-64-19-13-14-23-73(64)103/h11-14,18-20,23,29,31,54,61-62,67-68,70,72,74-75,77,82-83,105H,7-10,15-17,21-22,24,27-28,30,32-53,55-60,94H2,1-6H3,(H,96,109)(H,97,107)(H,98,111)(H,99,113)(H,100,108)(H,101,112)(H2,114,115,116)/t62-,67-,68-,70-,72+,74?,75-,77+,82?,83-,88-,89-,90-,91+/m0/s1. The highest BCUT2D eigenvalue weighted by Gasteiger charge is 2.80. The predicted molar refractivity (Wildman–Crippen MR) is 471 cm³/mol. The van der Waals surface area contributed by atoms with Crippen LogP contribution in [0.2, 0.25) is 0 Å². The fourth-order valence-electron chi connectivity index (χ4n) is 17.9. The number of carbonyl (C=O) groups is 9. The Morgan fingerprint density at radius 1 is 0.690 bits per heavy atom. The molecule has 1 saturated heterocycles. The molecule has 5 aliphatic carbocycles. The number of nitrogens with zero attached hydrogens (tertiary/aromatic N) is 3. The molecule has 129 heavy (non-hydrogen) atoms. The Balaban J connectivity index is 0.703. The number of nitrogens with one attached hydrogen (secondary N) is 6. The van der Waals surface area contributed by atoms with Crippen LogP contribution in [0.1, 0.15) is 161 Å². The molecule has 14 atom stereocenters. The van der Waals surface area contributed by atoms with Gasteiger partial charge in [0.15, 0.2) is 29.1 Å². The molecule has 2 unspecified atom stereocenters. The Kier molecular flexibility index (Phi) is 42.3. The van der Waals surface area contributed by atoms with Gasteiger partial charge in [0, 0.05) is 60.2 Å². The first kappa shape index (κ1) is 104. The molecule has 0 bridgehead atoms. The van der Waals surface area contributed by atoms with Crippen molar-refractivity contribution in [3.05, 3.63) is 89.0 Å². The van der Waals surface area contributed by atoms with Crippen molar-refractivity contribution in [2.24, 2.45) is 44.5 Å². The van der Waals surface area contributed by atoms with Crippen LogP contribution in [0, 0.1) is 40.4 Å². The first-order chi connectivity index (χ1) is 62.0. The minimum atomic E-state index is -4.09. The number of benzene rings is 2. The lowest BCUT2D eigenvalue weighted by molar-refractivity contribution is -0.234. The number of rotatable bonds is 56. The fraction of sp³-hybridized carbons (Fsp3) is 0.681. The number of nitrogens with two attached hydrogens (primary N) is 1. The zero-order valence-electron chi connectivity index (χ0n) is 75.1. The van der Waals surface area contributed by atoms with Crippen LogP contribution in [0.3, 0.4) is 0 Å². The van der Waals surface area contributed by atoms with Crippen molar-refractivity contribution >= 4 is 77.6 Å². The van der Waals surface area contributed by atoms with Gasteiger partial charge in [0.2, 0.25) is 41.4 Å². The van der Waals surface area contributed by atoms with Crippen LogP contribution in [0.5, 0.6) is 0 Å². The van der Waals surface area contributed by atoms with E-state index in [9.17, 15) is 48.0 Å². The summed E-state index contributed by atoms with van der Waals surface area (Å²) in [5, 5.41) is 32.7. The normalized spacial score (nSPS) is 25.3. The number of aliphatic hydroxyl groups is 1. The number of amides is 7. The number of para-hydroxylation sites is 1. The molecule has 716 valence electrons. The summed E-state index contributed by atoms with van der Waals surface area (Å²) in [6.45, 7) is 14.1. The molecule has 11 N–H and O–H groups in total. The molecule has 2 aliphatic heterocycles. The Labute approximate surface area is 753 Å². The van der Waals surface area contributed by atoms with Gasteiger partial charge < -0.3 is 114 Å². The maximum Gasteiger partial charge on any atom is 0.327 e. The number of hydrogen-bond acceptors (Lipinski definition) is 26. The van der Waals surface area contributed by atoms with E-state index in [4.69, 9.17) is 77.5 Å². The number of aliphatic hydroxyl groups excluding tert-OH is 1. The van der Waals surface area contributed by atoms with E-state index in [2.05, 4.69) is 48.8 Å². The van der Waals surface area contributed by atoms with Crippen LogP contribution in [-0.2, 0) is 111 Å². The van der Waals surface area contributed by atoms with Crippen LogP contribution < -0.4 is 42.6 Å². The molecule has 2 aromatic carbocycles. The molecule has 38 heteroatoms. The molecule has 7 amide bonds. The van der Waals surface area contributed by atoms with E-state index in [0.717, 1.165) is 42.0 Å². The van der Waals surface area contributed by atoms with E-state index in [0.29, 0.717) is 115 Å². The quantitative estimate of drug-likeness (QED) is 0.0137. The summed E-state index contributed by atoms with van der Waals surface area (Å²) in [7, 11) is -4.09. The smallest absolute Gasteiger partial charge is 0.327 e. The van der Waals surface area contributed by atoms with Crippen molar-refractivity contribution < 1.29 is 128 Å². The number of carbonyl (C=O) groups excluding carboxylic acids is 9. The number of allylic oxidation sites excluding steroid dienone is 4. The third-order valence-electron chi connectivity index (χ3n) is 24.7. The zero-order valence-corrected chi connectivity index (χ0v) is 76.0. The molecule has 0 spiro atoms. The highest BCUT2D eigenvalue weighted by atomic mass is 31.2. The minimum absolute atomic E-state index is 0.00124. The van der Waals surface area contributed by atoms with Crippen molar-refractivity contribution in [3.8, 4) is 11.8 Å². The van der Waals surface area contributed by atoms with Gasteiger partial charge in [0.1, 0.15) is 42.7 Å². The Morgan fingerprint density at radius 2 is 1.31 bits per heavy atom. The molecule has 2 aromatic rings. The second-order valence-electron chi connectivity index (χ2n) is 34.0. The number of halogens is 2. The Morgan fingerprint density at radius 3 is 1.97 bits per heavy atom. The van der Waals surface area contributed by atoms with E-state index in [-0.39, 0.29) is 161 Å². The molecule has 2 heterocycles. The molecule has 7 aliphatic rings. The van der Waals surface area contributed by atoms with E-state index in [1.807, 2.05) is 55.5 Å². The van der Waals surface area contributed by atoms with Gasteiger partial charge in [-0.25, -0.2) is 8.78 Å². The van der Waals surface area contributed by atoms with Crippen molar-refractivity contribution in [2.45, 2.75) is 211 Å². The predicted octanol–water partition coefficient (Wildman–Crippen LogP) is 4.96. The van der Waals surface area contributed by atoms with E-state index in [1.165, 1.54) is 26.0 Å². The lowest BCUT2D eigenvalue weighted by Gasteiger charge is -2.63. The molecular formula is C91H133F2N10O25P. The fourth-order valence-corrected chi connectivity index (χ4v) is 18.3. The largest absolute Gasteiger partial charge is 0.390 e. The summed E-state index contributed by atoms with van der Waals surface area (Å²) in [4.78, 5) is 148. The van der Waals surface area contributed by atoms with Crippen LogP contribution >= 0.6 is 7.60 Å². The lowest BCUT2D eigenvalue weighted by atomic mass is 9.44. The second kappa shape index (κ2) is 52.3. The summed E-state index contributed by atoms with van der Waals surface area (Å²) >= 11 is 0. The van der Waals surface area contributed by atoms with E-state index >= 15 is 13.6 Å². The number of hydrazone groups is 1. The van der Waals surface area contributed by atoms with Crippen molar-refractivity contribution in [1.29, 1.82) is 0 Å². The number of hydrogen-bond donors (Lipinski definition) is 10. The number of aliphatic imine (C=N–C) groups is 1. The lowest BCUT2D eigenvalue weighted by Crippen LogP contribution is -2.71.